The van der Waals surface area contributed by atoms with Crippen LogP contribution in [0.3, 0.4) is 0 Å². The maximum Gasteiger partial charge on any atom is 0.353 e. The zero-order valence-electron chi connectivity index (χ0n) is 23.2. The fourth-order valence-corrected chi connectivity index (χ4v) is 10.1. The number of β-lactam (4-membered cyclic amide) rings is 1. The molecule has 6 aliphatic rings. The van der Waals surface area contributed by atoms with Crippen LogP contribution in [0, 0.1) is 29.1 Å². The molecule has 0 radical (unpaired) electrons. The van der Waals surface area contributed by atoms with Crippen LogP contribution in [0.5, 0.6) is 0 Å². The van der Waals surface area contributed by atoms with Crippen LogP contribution in [0.1, 0.15) is 39.5 Å². The second-order valence-corrected chi connectivity index (χ2v) is 14.3. The first-order chi connectivity index (χ1) is 19.6. The van der Waals surface area contributed by atoms with Gasteiger partial charge in [-0.2, -0.15) is 0 Å². The normalized spacial score (nSPS) is 37.9. The number of carbonyl (C=O) groups is 4. The number of thioether (sulfide) groups is 1. The third-order valence-corrected chi connectivity index (χ3v) is 12.0. The van der Waals surface area contributed by atoms with E-state index in [2.05, 4.69) is 31.1 Å². The molecular formula is C27H36N8O5S. The predicted octanol–water partition coefficient (Wildman–Crippen LogP) is -0.285. The fourth-order valence-electron chi connectivity index (χ4n) is 8.58. The Morgan fingerprint density at radius 3 is 2.80 bits per heavy atom. The monoisotopic (exact) mass is 584 g/mol. The van der Waals surface area contributed by atoms with E-state index < -0.39 is 11.9 Å². The smallest absolute Gasteiger partial charge is 0.353 e. The van der Waals surface area contributed by atoms with E-state index in [0.717, 1.165) is 26.1 Å². The lowest BCUT2D eigenvalue weighted by Crippen LogP contribution is -2.62. The summed E-state index contributed by atoms with van der Waals surface area (Å²) in [6.07, 6.45) is 4.52. The van der Waals surface area contributed by atoms with Crippen molar-refractivity contribution in [2.75, 3.05) is 26.2 Å². The van der Waals surface area contributed by atoms with Crippen LogP contribution in [-0.4, -0.2) is 108 Å². The maximum atomic E-state index is 13.5. The lowest BCUT2D eigenvalue weighted by molar-refractivity contribution is -0.160. The van der Waals surface area contributed by atoms with Crippen molar-refractivity contribution in [3.8, 4) is 0 Å². The number of aromatic nitrogens is 4. The predicted molar refractivity (Wildman–Crippen MR) is 146 cm³/mol. The molecule has 1 aliphatic carbocycles. The number of fused-ring (bicyclic) bond motifs is 2. The number of aliphatic carboxylic acids is 1. The largest absolute Gasteiger partial charge is 0.477 e. The Bertz CT molecular complexity index is 1320. The van der Waals surface area contributed by atoms with Gasteiger partial charge in [0.15, 0.2) is 5.78 Å². The highest BCUT2D eigenvalue weighted by molar-refractivity contribution is 8.03. The first-order valence-electron chi connectivity index (χ1n) is 14.6. The van der Waals surface area contributed by atoms with E-state index in [1.54, 1.807) is 0 Å². The number of carboxylic acids is 1. The summed E-state index contributed by atoms with van der Waals surface area (Å²) in [7, 11) is 0. The summed E-state index contributed by atoms with van der Waals surface area (Å²) in [6, 6.07) is 0.0628. The lowest BCUT2D eigenvalue weighted by Gasteiger charge is -2.47. The number of hydrogen-bond donors (Lipinski definition) is 3. The Morgan fingerprint density at radius 1 is 1.27 bits per heavy atom. The number of nitrogens with zero attached hydrogens (tertiary/aromatic N) is 6. The minimum Gasteiger partial charge on any atom is -0.477 e. The van der Waals surface area contributed by atoms with Gasteiger partial charge < -0.3 is 25.5 Å². The van der Waals surface area contributed by atoms with Crippen molar-refractivity contribution in [2.45, 2.75) is 69.5 Å². The number of Topliss-reactive ketones (excluding diaryl/α,β-unsaturated/α-hetero) is 1. The van der Waals surface area contributed by atoms with Crippen LogP contribution in [0.4, 0.5) is 0 Å². The third-order valence-electron chi connectivity index (χ3n) is 10.5. The van der Waals surface area contributed by atoms with Crippen molar-refractivity contribution < 1.29 is 24.3 Å². The van der Waals surface area contributed by atoms with Gasteiger partial charge in [-0.25, -0.2) is 9.48 Å². The van der Waals surface area contributed by atoms with Crippen LogP contribution in [-0.2, 0) is 25.7 Å². The molecule has 2 bridgehead atoms. The molecule has 1 aromatic rings. The Balaban J connectivity index is 0.989. The van der Waals surface area contributed by atoms with E-state index in [-0.39, 0.29) is 70.8 Å². The summed E-state index contributed by atoms with van der Waals surface area (Å²) in [4.78, 5) is 55.9. The summed E-state index contributed by atoms with van der Waals surface area (Å²) in [5.41, 5.74) is 0.310. The summed E-state index contributed by atoms with van der Waals surface area (Å²) < 4.78 is 1.35. The highest BCUT2D eigenvalue weighted by Crippen LogP contribution is 2.54. The van der Waals surface area contributed by atoms with E-state index in [1.165, 1.54) is 34.1 Å². The number of piperidine rings is 1. The molecule has 9 atom stereocenters. The topological polar surface area (TPSA) is 163 Å². The molecule has 7 rings (SSSR count). The third kappa shape index (κ3) is 4.32. The molecule has 41 heavy (non-hydrogen) atoms. The average molecular weight is 585 g/mol. The van der Waals surface area contributed by atoms with Gasteiger partial charge in [0.2, 0.25) is 11.8 Å². The number of hydrogen-bond acceptors (Lipinski definition) is 10. The molecule has 14 heteroatoms. The highest BCUT2D eigenvalue weighted by atomic mass is 32.2. The van der Waals surface area contributed by atoms with E-state index in [1.807, 2.05) is 13.8 Å². The average Bonchev–Trinajstić information content (AvgIpc) is 3.75. The van der Waals surface area contributed by atoms with Gasteiger partial charge >= 0.3 is 5.97 Å². The SMILES string of the molecule is C[C@@H](CC(=O)Cn1cnnn1)[C@H]1C(=O)N2C(C(=O)O)=C(S[C@@H]3CN[C@H](C(=O)N4CC5CC6C[C@@]5(CN6)C4)C3)[C@H](C)[C@H]12. The quantitative estimate of drug-likeness (QED) is 0.327. The number of rotatable bonds is 9. The van der Waals surface area contributed by atoms with Crippen molar-refractivity contribution >= 4 is 35.3 Å². The van der Waals surface area contributed by atoms with E-state index in [4.69, 9.17) is 0 Å². The van der Waals surface area contributed by atoms with Crippen LogP contribution in [0.2, 0.25) is 0 Å². The molecule has 1 spiro atoms. The van der Waals surface area contributed by atoms with Crippen molar-refractivity contribution in [1.82, 2.24) is 40.6 Å². The molecule has 220 valence electrons. The molecule has 1 aromatic heterocycles. The van der Waals surface area contributed by atoms with Gasteiger partial charge in [-0.05, 0) is 41.5 Å². The molecule has 2 unspecified atom stereocenters. The van der Waals surface area contributed by atoms with Gasteiger partial charge in [0.25, 0.3) is 0 Å². The molecule has 0 aromatic carbocycles. The number of tetrazole rings is 1. The zero-order chi connectivity index (χ0) is 28.6. The molecule has 2 amide bonds. The van der Waals surface area contributed by atoms with Crippen LogP contribution < -0.4 is 10.6 Å². The van der Waals surface area contributed by atoms with Crippen molar-refractivity contribution in [3.05, 3.63) is 16.9 Å². The Kier molecular flexibility index (Phi) is 6.51. The Morgan fingerprint density at radius 2 is 2.10 bits per heavy atom. The molecule has 5 fully saturated rings. The number of likely N-dealkylation sites (tertiary alicyclic amines) is 1. The van der Waals surface area contributed by atoms with E-state index in [0.29, 0.717) is 29.8 Å². The van der Waals surface area contributed by atoms with E-state index >= 15 is 0 Å². The van der Waals surface area contributed by atoms with Crippen molar-refractivity contribution in [2.24, 2.45) is 29.1 Å². The maximum absolute atomic E-state index is 13.5. The summed E-state index contributed by atoms with van der Waals surface area (Å²) in [5.74, 6) is -1.51. The van der Waals surface area contributed by atoms with Crippen molar-refractivity contribution in [3.63, 3.8) is 0 Å². The van der Waals surface area contributed by atoms with Crippen LogP contribution >= 0.6 is 11.8 Å². The standard InChI is InChI=1S/C27H36N8O5S/c1-13(3-17(36)9-34-12-30-31-32-34)20-21-14(2)23(22(26(39)40)35(21)25(20)38)41-18-5-19(28-7-18)24(37)33-8-15-4-16-6-27(15,11-33)10-29-16/h12-16,18-21,28-29H,3-11H2,1-2H3,(H,39,40)/t13-,14+,15?,16?,18-,19-,20+,21+,27+/m0/s1. The first kappa shape index (κ1) is 27.0. The first-order valence-corrected chi connectivity index (χ1v) is 15.5. The molecular weight excluding hydrogens is 548 g/mol. The van der Waals surface area contributed by atoms with Crippen LogP contribution in [0.15, 0.2) is 16.9 Å². The van der Waals surface area contributed by atoms with Gasteiger partial charge in [0, 0.05) is 60.1 Å². The second kappa shape index (κ2) is 9.87. The molecule has 4 saturated heterocycles. The Hall–Kier alpha value is -2.84. The summed E-state index contributed by atoms with van der Waals surface area (Å²) in [5, 5.41) is 28.0. The molecule has 3 N–H and O–H groups in total. The minimum absolute atomic E-state index is 0.0347. The number of carbonyl (C=O) groups excluding carboxylic acids is 3. The van der Waals surface area contributed by atoms with Gasteiger partial charge in [-0.15, -0.1) is 16.9 Å². The molecule has 13 nitrogen and oxygen atoms in total. The fraction of sp³-hybridized carbons (Fsp3) is 0.741. The van der Waals surface area contributed by atoms with Gasteiger partial charge in [-0.1, -0.05) is 13.8 Å². The number of nitrogens with one attached hydrogen (secondary N) is 2. The van der Waals surface area contributed by atoms with Crippen molar-refractivity contribution in [1.29, 1.82) is 0 Å². The number of amides is 2. The highest BCUT2D eigenvalue weighted by Gasteiger charge is 2.61. The summed E-state index contributed by atoms with van der Waals surface area (Å²) >= 11 is 1.50. The molecule has 5 aliphatic heterocycles. The van der Waals surface area contributed by atoms with E-state index in [9.17, 15) is 24.3 Å². The second-order valence-electron chi connectivity index (χ2n) is 13.0. The zero-order valence-corrected chi connectivity index (χ0v) is 24.0. The lowest BCUT2D eigenvalue weighted by atomic mass is 9.73. The minimum atomic E-state index is -1.11. The van der Waals surface area contributed by atoms with Gasteiger partial charge in [-0.3, -0.25) is 14.4 Å². The number of ketones is 1. The Labute approximate surface area is 241 Å². The molecule has 6 heterocycles. The van der Waals surface area contributed by atoms with Gasteiger partial charge in [0.05, 0.1) is 18.0 Å². The van der Waals surface area contributed by atoms with Gasteiger partial charge in [0.1, 0.15) is 18.6 Å². The number of carboxylic acid groups (broad SMARTS) is 1. The van der Waals surface area contributed by atoms with Crippen LogP contribution in [0.25, 0.3) is 0 Å². The molecule has 1 saturated carbocycles. The summed E-state index contributed by atoms with van der Waals surface area (Å²) in [6.45, 7) is 7.18.